The predicted octanol–water partition coefficient (Wildman–Crippen LogP) is 5.22. The molecule has 0 amide bonds. The van der Waals surface area contributed by atoms with Gasteiger partial charge in [0.1, 0.15) is 30.1 Å². The minimum Gasteiger partial charge on any atom is -0.493 e. The summed E-state index contributed by atoms with van der Waals surface area (Å²) < 4.78 is 59.9. The number of benzene rings is 2. The van der Waals surface area contributed by atoms with E-state index >= 15 is 0 Å². The lowest BCUT2D eigenvalue weighted by Gasteiger charge is -2.33. The normalized spacial score (nSPS) is 19.3. The molecule has 0 unspecified atom stereocenters. The highest BCUT2D eigenvalue weighted by Crippen LogP contribution is 2.32. The lowest BCUT2D eigenvalue weighted by molar-refractivity contribution is -0.389. The number of imidazole rings is 1. The monoisotopic (exact) mass is 548 g/mol. The molecule has 1 atom stereocenters. The summed E-state index contributed by atoms with van der Waals surface area (Å²) in [6.07, 6.45) is -1.50. The molecule has 0 radical (unpaired) electrons. The van der Waals surface area contributed by atoms with Crippen LogP contribution >= 0.6 is 0 Å². The Hall–Kier alpha value is -4.16. The second-order valence-corrected chi connectivity index (χ2v) is 9.86. The summed E-state index contributed by atoms with van der Waals surface area (Å²) in [7, 11) is 0. The van der Waals surface area contributed by atoms with Gasteiger partial charge >= 0.3 is 18.2 Å². The van der Waals surface area contributed by atoms with E-state index in [1.54, 1.807) is 4.57 Å². The van der Waals surface area contributed by atoms with E-state index in [-0.39, 0.29) is 24.2 Å². The number of nitro groups is 1. The van der Waals surface area contributed by atoms with Gasteiger partial charge in [0, 0.05) is 23.8 Å². The number of ether oxygens (including phenoxy) is 4. The van der Waals surface area contributed by atoms with Crippen LogP contribution in [0.2, 0.25) is 0 Å². The van der Waals surface area contributed by atoms with E-state index in [0.717, 1.165) is 31.6 Å². The summed E-state index contributed by atoms with van der Waals surface area (Å²) in [5.74, 6) is 1.02. The third kappa shape index (κ3) is 6.65. The number of aromatic nitrogens is 2. The number of piperidine rings is 1. The van der Waals surface area contributed by atoms with Crippen LogP contribution in [-0.2, 0) is 6.54 Å². The summed E-state index contributed by atoms with van der Waals surface area (Å²) in [5.41, 5.74) is 0.400. The van der Waals surface area contributed by atoms with Gasteiger partial charge in [-0.2, -0.15) is 0 Å². The Morgan fingerprint density at radius 2 is 1.67 bits per heavy atom. The minimum atomic E-state index is -4.72. The van der Waals surface area contributed by atoms with Gasteiger partial charge in [0.25, 0.3) is 0 Å². The average Bonchev–Trinajstić information content (AvgIpc) is 3.43. The summed E-state index contributed by atoms with van der Waals surface area (Å²) >= 11 is 0. The number of fused-ring (bicyclic) bond motifs is 1. The van der Waals surface area contributed by atoms with Gasteiger partial charge in [-0.15, -0.1) is 13.2 Å². The first kappa shape index (κ1) is 26.4. The van der Waals surface area contributed by atoms with E-state index < -0.39 is 16.9 Å². The maximum atomic E-state index is 12.3. The molecule has 0 saturated carbocycles. The smallest absolute Gasteiger partial charge is 0.493 e. The molecule has 0 aliphatic carbocycles. The Morgan fingerprint density at radius 3 is 2.28 bits per heavy atom. The van der Waals surface area contributed by atoms with Gasteiger partial charge in [-0.1, -0.05) is 0 Å². The summed E-state index contributed by atoms with van der Waals surface area (Å²) in [6.45, 7) is 4.73. The second-order valence-electron chi connectivity index (χ2n) is 9.86. The number of hydrogen-bond acceptors (Lipinski definition) is 8. The molecule has 3 heterocycles. The Balaban J connectivity index is 1.04. The predicted molar refractivity (Wildman–Crippen MR) is 133 cm³/mol. The maximum Gasteiger partial charge on any atom is 0.573 e. The van der Waals surface area contributed by atoms with Crippen molar-refractivity contribution >= 4 is 11.5 Å². The number of nitrogens with zero attached hydrogens (tertiary/aromatic N) is 4. The molecule has 2 aliphatic heterocycles. The second kappa shape index (κ2) is 10.5. The van der Waals surface area contributed by atoms with E-state index in [2.05, 4.69) is 14.6 Å². The van der Waals surface area contributed by atoms with Crippen molar-refractivity contribution in [2.45, 2.75) is 38.3 Å². The van der Waals surface area contributed by atoms with Gasteiger partial charge in [-0.25, -0.2) is 0 Å². The minimum absolute atomic E-state index is 0.213. The Bertz CT molecular complexity index is 1270. The zero-order valence-corrected chi connectivity index (χ0v) is 21.1. The average molecular weight is 549 g/mol. The highest BCUT2D eigenvalue weighted by atomic mass is 19.4. The third-order valence-electron chi connectivity index (χ3n) is 6.66. The topological polar surface area (TPSA) is 101 Å². The first-order chi connectivity index (χ1) is 18.6. The van der Waals surface area contributed by atoms with Crippen LogP contribution in [0.15, 0.2) is 54.7 Å². The van der Waals surface area contributed by atoms with Crippen LogP contribution in [0.4, 0.5) is 24.7 Å². The van der Waals surface area contributed by atoms with Gasteiger partial charge in [-0.05, 0) is 79.1 Å². The van der Waals surface area contributed by atoms with Crippen molar-refractivity contribution in [3.8, 4) is 23.3 Å². The van der Waals surface area contributed by atoms with E-state index in [1.807, 2.05) is 31.2 Å². The quantitative estimate of drug-likeness (QED) is 0.265. The molecule has 0 spiro atoms. The zero-order chi connectivity index (χ0) is 27.6. The van der Waals surface area contributed by atoms with E-state index in [4.69, 9.17) is 14.2 Å². The van der Waals surface area contributed by atoms with Crippen LogP contribution in [0.3, 0.4) is 0 Å². The number of rotatable bonds is 9. The van der Waals surface area contributed by atoms with Crippen molar-refractivity contribution in [1.29, 1.82) is 0 Å². The fraction of sp³-hybridized carbons (Fsp3) is 0.423. The molecule has 39 heavy (non-hydrogen) atoms. The first-order valence-corrected chi connectivity index (χ1v) is 12.4. The highest BCUT2D eigenvalue weighted by molar-refractivity contribution is 5.49. The number of alkyl halides is 3. The van der Waals surface area contributed by atoms with Crippen LogP contribution < -0.4 is 23.8 Å². The molecule has 2 aliphatic rings. The van der Waals surface area contributed by atoms with Crippen molar-refractivity contribution in [1.82, 2.24) is 9.55 Å². The molecule has 3 aromatic rings. The van der Waals surface area contributed by atoms with Crippen LogP contribution in [-0.4, -0.2) is 52.7 Å². The SMILES string of the molecule is C[C@@]1(COc2ccc(N3CCC(COc4ccc(OC(F)(F)F)cc4)CC3)cc2)Cn2cc([N+](=O)[O-])nc2O1. The van der Waals surface area contributed by atoms with E-state index in [1.165, 1.54) is 30.5 Å². The molecule has 0 bridgehead atoms. The molecule has 13 heteroatoms. The molecule has 1 fully saturated rings. The van der Waals surface area contributed by atoms with Crippen LogP contribution in [0.25, 0.3) is 0 Å². The molecule has 2 aromatic carbocycles. The van der Waals surface area contributed by atoms with Crippen LogP contribution in [0.5, 0.6) is 23.3 Å². The highest BCUT2D eigenvalue weighted by Gasteiger charge is 2.41. The standard InChI is InChI=1S/C26H27F3N4O6/c1-25(16-32-14-23(33(34)35)30-24(32)39-25)17-37-21-4-2-19(3-5-21)31-12-10-18(11-13-31)15-36-20-6-8-22(9-7-20)38-26(27,28)29/h2-9,14,18H,10-13,15-17H2,1H3/t25-/m0/s1. The van der Waals surface area contributed by atoms with Crippen LogP contribution in [0, 0.1) is 16.0 Å². The van der Waals surface area contributed by atoms with Gasteiger partial charge in [0.05, 0.1) is 13.2 Å². The van der Waals surface area contributed by atoms with Crippen molar-refractivity contribution in [3.05, 3.63) is 64.8 Å². The lowest BCUT2D eigenvalue weighted by Crippen LogP contribution is -2.38. The van der Waals surface area contributed by atoms with Crippen molar-refractivity contribution < 1.29 is 37.0 Å². The van der Waals surface area contributed by atoms with Gasteiger partial charge in [0.2, 0.25) is 0 Å². The molecule has 5 rings (SSSR count). The molecule has 208 valence electrons. The largest absolute Gasteiger partial charge is 0.573 e. The fourth-order valence-corrected chi connectivity index (χ4v) is 4.66. The molecule has 1 saturated heterocycles. The Morgan fingerprint density at radius 1 is 1.05 bits per heavy atom. The maximum absolute atomic E-state index is 12.3. The molecule has 10 nitrogen and oxygen atoms in total. The number of anilines is 1. The summed E-state index contributed by atoms with van der Waals surface area (Å²) in [5, 5.41) is 10.9. The summed E-state index contributed by atoms with van der Waals surface area (Å²) in [4.78, 5) is 16.5. The first-order valence-electron chi connectivity index (χ1n) is 12.4. The summed E-state index contributed by atoms with van der Waals surface area (Å²) in [6, 6.07) is 13.4. The third-order valence-corrected chi connectivity index (χ3v) is 6.66. The van der Waals surface area contributed by atoms with Gasteiger partial charge < -0.3 is 34.0 Å². The Labute approximate surface area is 222 Å². The lowest BCUT2D eigenvalue weighted by atomic mass is 9.97. The van der Waals surface area contributed by atoms with Crippen LogP contribution in [0.1, 0.15) is 19.8 Å². The molecular formula is C26H27F3N4O6. The van der Waals surface area contributed by atoms with Crippen molar-refractivity contribution in [2.24, 2.45) is 5.92 Å². The van der Waals surface area contributed by atoms with E-state index in [0.29, 0.717) is 30.6 Å². The number of hydrogen-bond donors (Lipinski definition) is 0. The van der Waals surface area contributed by atoms with Crippen molar-refractivity contribution in [3.63, 3.8) is 0 Å². The van der Waals surface area contributed by atoms with Crippen molar-refractivity contribution in [2.75, 3.05) is 31.2 Å². The van der Waals surface area contributed by atoms with Gasteiger partial charge in [0.15, 0.2) is 5.60 Å². The molecule has 1 aromatic heterocycles. The zero-order valence-electron chi connectivity index (χ0n) is 21.1. The fourth-order valence-electron chi connectivity index (χ4n) is 4.66. The molecular weight excluding hydrogens is 521 g/mol. The molecule has 0 N–H and O–H groups in total. The van der Waals surface area contributed by atoms with Gasteiger partial charge in [-0.3, -0.25) is 4.57 Å². The Kier molecular flexibility index (Phi) is 7.15. The number of halogens is 3. The van der Waals surface area contributed by atoms with E-state index in [9.17, 15) is 23.3 Å².